The van der Waals surface area contributed by atoms with Crippen LogP contribution in [0.2, 0.25) is 10.0 Å². The number of nitrogens with zero attached hydrogens (tertiary/aromatic N) is 3. The maximum absolute atomic E-state index is 13.0. The topological polar surface area (TPSA) is 88.5 Å². The average Bonchev–Trinajstić information content (AvgIpc) is 3.33. The molecule has 0 aliphatic heterocycles. The number of methoxy groups -OCH3 is 1. The molecule has 4 aromatic rings. The number of halogens is 2. The fourth-order valence-corrected chi connectivity index (χ4v) is 3.89. The van der Waals surface area contributed by atoms with Gasteiger partial charge in [0.15, 0.2) is 0 Å². The molecule has 0 spiro atoms. The van der Waals surface area contributed by atoms with Gasteiger partial charge in [0, 0.05) is 23.9 Å². The number of aromatic nitrogens is 2. The predicted octanol–water partition coefficient (Wildman–Crippen LogP) is 6.35. The Morgan fingerprint density at radius 2 is 1.68 bits per heavy atom. The van der Waals surface area contributed by atoms with Gasteiger partial charge in [-0.3, -0.25) is 4.79 Å². The number of urea groups is 1. The number of benzene rings is 3. The quantitative estimate of drug-likeness (QED) is 0.274. The summed E-state index contributed by atoms with van der Waals surface area (Å²) in [4.78, 5) is 27.2. The number of amides is 3. The maximum Gasteiger partial charge on any atom is 0.322 e. The summed E-state index contributed by atoms with van der Waals surface area (Å²) in [6.45, 7) is 1.97. The standard InChI is InChI=1S/C27H25Cl2N5O3/c1-3-33(27(36)30-19-9-12-21(37-2)13-10-19)17-26(35)31-25-16-24(18-7-5-4-6-8-18)32-34(25)20-11-14-22(28)23(29)15-20/h4-16H,3,17H2,1-2H3,(H,30,36)(H,31,35). The Morgan fingerprint density at radius 3 is 2.32 bits per heavy atom. The molecule has 0 bridgehead atoms. The fourth-order valence-electron chi connectivity index (χ4n) is 3.59. The van der Waals surface area contributed by atoms with Gasteiger partial charge in [0.25, 0.3) is 0 Å². The lowest BCUT2D eigenvalue weighted by molar-refractivity contribution is -0.116. The molecule has 0 radical (unpaired) electrons. The highest BCUT2D eigenvalue weighted by molar-refractivity contribution is 6.42. The Labute approximate surface area is 224 Å². The third-order valence-electron chi connectivity index (χ3n) is 5.54. The van der Waals surface area contributed by atoms with Gasteiger partial charge in [-0.2, -0.15) is 5.10 Å². The zero-order chi connectivity index (χ0) is 26.4. The van der Waals surface area contributed by atoms with Crippen molar-refractivity contribution in [3.05, 3.63) is 88.9 Å². The van der Waals surface area contributed by atoms with Gasteiger partial charge >= 0.3 is 6.03 Å². The summed E-state index contributed by atoms with van der Waals surface area (Å²) in [5, 5.41) is 11.1. The maximum atomic E-state index is 13.0. The molecule has 0 aliphatic rings. The Bertz CT molecular complexity index is 1390. The van der Waals surface area contributed by atoms with Crippen molar-refractivity contribution in [2.45, 2.75) is 6.92 Å². The molecule has 0 fully saturated rings. The largest absolute Gasteiger partial charge is 0.497 e. The van der Waals surface area contributed by atoms with Crippen LogP contribution in [-0.4, -0.2) is 46.8 Å². The zero-order valence-electron chi connectivity index (χ0n) is 20.2. The molecule has 2 N–H and O–H groups in total. The lowest BCUT2D eigenvalue weighted by Gasteiger charge is -2.21. The smallest absolute Gasteiger partial charge is 0.322 e. The first-order chi connectivity index (χ1) is 17.9. The van der Waals surface area contributed by atoms with Gasteiger partial charge in [-0.1, -0.05) is 53.5 Å². The molecule has 1 heterocycles. The first-order valence-corrected chi connectivity index (χ1v) is 12.2. The molecule has 190 valence electrons. The van der Waals surface area contributed by atoms with Crippen molar-refractivity contribution >= 4 is 46.6 Å². The van der Waals surface area contributed by atoms with Crippen LogP contribution in [0.3, 0.4) is 0 Å². The monoisotopic (exact) mass is 537 g/mol. The number of nitrogens with one attached hydrogen (secondary N) is 2. The number of anilines is 2. The second-order valence-electron chi connectivity index (χ2n) is 8.01. The van der Waals surface area contributed by atoms with Crippen LogP contribution >= 0.6 is 23.2 Å². The van der Waals surface area contributed by atoms with Crippen molar-refractivity contribution in [1.29, 1.82) is 0 Å². The first kappa shape index (κ1) is 26.1. The fraction of sp³-hybridized carbons (Fsp3) is 0.148. The van der Waals surface area contributed by atoms with Gasteiger partial charge in [0.05, 0.1) is 28.5 Å². The predicted molar refractivity (Wildman–Crippen MR) is 147 cm³/mol. The minimum absolute atomic E-state index is 0.161. The number of likely N-dealkylation sites (N-methyl/N-ethyl adjacent to an activating group) is 1. The van der Waals surface area contributed by atoms with Crippen molar-refractivity contribution in [2.75, 3.05) is 30.8 Å². The molecule has 3 amide bonds. The van der Waals surface area contributed by atoms with Crippen molar-refractivity contribution < 1.29 is 14.3 Å². The van der Waals surface area contributed by atoms with Gasteiger partial charge in [0.2, 0.25) is 5.91 Å². The second-order valence-corrected chi connectivity index (χ2v) is 8.83. The summed E-state index contributed by atoms with van der Waals surface area (Å²) in [5.41, 5.74) is 2.75. The Balaban J connectivity index is 1.53. The van der Waals surface area contributed by atoms with Crippen LogP contribution in [-0.2, 0) is 4.79 Å². The minimum Gasteiger partial charge on any atom is -0.497 e. The molecule has 10 heteroatoms. The normalized spacial score (nSPS) is 10.6. The SMILES string of the molecule is CCN(CC(=O)Nc1cc(-c2ccccc2)nn1-c1ccc(Cl)c(Cl)c1)C(=O)Nc1ccc(OC)cc1. The summed E-state index contributed by atoms with van der Waals surface area (Å²) < 4.78 is 6.72. The van der Waals surface area contributed by atoms with E-state index in [0.717, 1.165) is 5.56 Å². The van der Waals surface area contributed by atoms with E-state index in [0.29, 0.717) is 45.2 Å². The van der Waals surface area contributed by atoms with Crippen molar-refractivity contribution in [3.8, 4) is 22.7 Å². The van der Waals surface area contributed by atoms with Gasteiger partial charge in [-0.15, -0.1) is 0 Å². The average molecular weight is 538 g/mol. The molecule has 0 aliphatic carbocycles. The van der Waals surface area contributed by atoms with Crippen LogP contribution in [0, 0.1) is 0 Å². The summed E-state index contributed by atoms with van der Waals surface area (Å²) in [6, 6.07) is 23.0. The Hall–Kier alpha value is -4.01. The molecule has 0 atom stereocenters. The summed E-state index contributed by atoms with van der Waals surface area (Å²) in [7, 11) is 1.57. The minimum atomic E-state index is -0.397. The van der Waals surface area contributed by atoms with Crippen LogP contribution in [0.1, 0.15) is 6.92 Å². The third kappa shape index (κ3) is 6.41. The van der Waals surface area contributed by atoms with Crippen LogP contribution < -0.4 is 15.4 Å². The van der Waals surface area contributed by atoms with E-state index in [1.54, 1.807) is 67.2 Å². The number of ether oxygens (including phenoxy) is 1. The van der Waals surface area contributed by atoms with E-state index in [4.69, 9.17) is 27.9 Å². The van der Waals surface area contributed by atoms with E-state index in [1.165, 1.54) is 4.90 Å². The van der Waals surface area contributed by atoms with E-state index in [9.17, 15) is 9.59 Å². The van der Waals surface area contributed by atoms with Crippen molar-refractivity contribution in [3.63, 3.8) is 0 Å². The molecule has 1 aromatic heterocycles. The molecular formula is C27H25Cl2N5O3. The number of rotatable bonds is 8. The van der Waals surface area contributed by atoms with E-state index in [1.807, 2.05) is 30.3 Å². The zero-order valence-corrected chi connectivity index (χ0v) is 21.8. The van der Waals surface area contributed by atoms with Crippen LogP contribution in [0.25, 0.3) is 16.9 Å². The number of hydrogen-bond donors (Lipinski definition) is 2. The molecule has 3 aromatic carbocycles. The number of carbonyl (C=O) groups is 2. The molecule has 0 unspecified atom stereocenters. The Morgan fingerprint density at radius 1 is 0.946 bits per heavy atom. The highest BCUT2D eigenvalue weighted by Gasteiger charge is 2.19. The van der Waals surface area contributed by atoms with Crippen molar-refractivity contribution in [2.24, 2.45) is 0 Å². The van der Waals surface area contributed by atoms with Gasteiger partial charge in [-0.05, 0) is 49.4 Å². The highest BCUT2D eigenvalue weighted by Crippen LogP contribution is 2.29. The molecule has 4 rings (SSSR count). The molecule has 0 saturated carbocycles. The molecule has 37 heavy (non-hydrogen) atoms. The van der Waals surface area contributed by atoms with Gasteiger partial charge in [-0.25, -0.2) is 9.48 Å². The van der Waals surface area contributed by atoms with Gasteiger partial charge < -0.3 is 20.3 Å². The molecule has 8 nitrogen and oxygen atoms in total. The van der Waals surface area contributed by atoms with Crippen molar-refractivity contribution in [1.82, 2.24) is 14.7 Å². The van der Waals surface area contributed by atoms with Crippen LogP contribution in [0.15, 0.2) is 78.9 Å². The number of hydrogen-bond acceptors (Lipinski definition) is 4. The lowest BCUT2D eigenvalue weighted by atomic mass is 10.1. The highest BCUT2D eigenvalue weighted by atomic mass is 35.5. The van der Waals surface area contributed by atoms with E-state index >= 15 is 0 Å². The van der Waals surface area contributed by atoms with E-state index < -0.39 is 6.03 Å². The lowest BCUT2D eigenvalue weighted by Crippen LogP contribution is -2.40. The summed E-state index contributed by atoms with van der Waals surface area (Å²) >= 11 is 12.3. The first-order valence-electron chi connectivity index (χ1n) is 11.5. The number of carbonyl (C=O) groups excluding carboxylic acids is 2. The summed E-state index contributed by atoms with van der Waals surface area (Å²) in [5.74, 6) is 0.722. The third-order valence-corrected chi connectivity index (χ3v) is 6.28. The molecular weight excluding hydrogens is 513 g/mol. The van der Waals surface area contributed by atoms with E-state index in [-0.39, 0.29) is 12.5 Å². The van der Waals surface area contributed by atoms with E-state index in [2.05, 4.69) is 15.7 Å². The van der Waals surface area contributed by atoms with Crippen LogP contribution in [0.4, 0.5) is 16.3 Å². The second kappa shape index (κ2) is 11.8. The van der Waals surface area contributed by atoms with Gasteiger partial charge in [0.1, 0.15) is 18.1 Å². The summed E-state index contributed by atoms with van der Waals surface area (Å²) in [6.07, 6.45) is 0. The molecule has 0 saturated heterocycles. The Kier molecular flexibility index (Phi) is 8.32. The van der Waals surface area contributed by atoms with Crippen LogP contribution in [0.5, 0.6) is 5.75 Å².